The monoisotopic (exact) mass is 334 g/mol. The van der Waals surface area contributed by atoms with Crippen LogP contribution in [0.3, 0.4) is 0 Å². The maximum absolute atomic E-state index is 10.5. The summed E-state index contributed by atoms with van der Waals surface area (Å²) >= 11 is -0.366. The van der Waals surface area contributed by atoms with Gasteiger partial charge in [0.15, 0.2) is 0 Å². The Morgan fingerprint density at radius 1 is 0.923 bits per heavy atom. The van der Waals surface area contributed by atoms with Crippen LogP contribution in [0.1, 0.15) is 26.7 Å². The minimum Gasteiger partial charge on any atom is -0.147 e. The third-order valence-corrected chi connectivity index (χ3v) is 4.75. The van der Waals surface area contributed by atoms with Gasteiger partial charge in [0.25, 0.3) is 0 Å². The van der Waals surface area contributed by atoms with E-state index in [1.807, 2.05) is 0 Å². The van der Waals surface area contributed by atoms with Crippen LogP contribution in [0.2, 0.25) is 8.87 Å². The summed E-state index contributed by atoms with van der Waals surface area (Å²) < 4.78 is 2.21. The molecule has 0 saturated carbocycles. The van der Waals surface area contributed by atoms with Crippen LogP contribution in [-0.4, -0.2) is 32.7 Å². The largest absolute Gasteiger partial charge is 0.147 e. The fourth-order valence-electron chi connectivity index (χ4n) is 0.654. The molecule has 0 aromatic rings. The van der Waals surface area contributed by atoms with E-state index in [1.165, 1.54) is 0 Å². The molecule has 0 atom stereocenters. The second kappa shape index (κ2) is 12.7. The van der Waals surface area contributed by atoms with Gasteiger partial charge in [-0.2, -0.15) is 0 Å². The molecule has 0 aromatic heterocycles. The molecule has 0 aromatic carbocycles. The Hall–Kier alpha value is 0.719. The first kappa shape index (κ1) is 19.3. The van der Waals surface area contributed by atoms with Crippen molar-refractivity contribution in [3.05, 3.63) is 0 Å². The van der Waals surface area contributed by atoms with Crippen molar-refractivity contribution < 1.29 is 9.59 Å². The number of halogens is 2. The molecule has 0 fully saturated rings. The Morgan fingerprint density at radius 2 is 1.23 bits per heavy atom. The molecule has 0 rings (SSSR count). The van der Waals surface area contributed by atoms with Crippen molar-refractivity contribution in [3.8, 4) is 0 Å². The standard InChI is InChI=1S/2C4H7O.2ClH.Sn/c2*1-3-4(2)5;;;/h2*1,3H2,2H3;2*1H;. The molecule has 2 radical (unpaired) electrons. The van der Waals surface area contributed by atoms with Crippen LogP contribution in [0.15, 0.2) is 0 Å². The molecule has 0 aliphatic rings. The first-order valence-electron chi connectivity index (χ1n) is 3.82. The molecular formula is C8H16Cl2O2Sn. The zero-order valence-electron chi connectivity index (χ0n) is 7.96. The van der Waals surface area contributed by atoms with E-state index in [9.17, 15) is 9.59 Å². The Morgan fingerprint density at radius 3 is 1.46 bits per heavy atom. The molecule has 0 saturated heterocycles. The van der Waals surface area contributed by atoms with Crippen molar-refractivity contribution in [3.63, 3.8) is 0 Å². The number of hydrogen-bond acceptors (Lipinski definition) is 2. The fraction of sp³-hybridized carbons (Fsp3) is 0.750. The van der Waals surface area contributed by atoms with Crippen LogP contribution >= 0.6 is 24.8 Å². The van der Waals surface area contributed by atoms with Crippen LogP contribution in [0.4, 0.5) is 0 Å². The average molecular weight is 334 g/mol. The molecular weight excluding hydrogens is 318 g/mol. The number of ketones is 2. The Bertz CT molecular complexity index is 135. The van der Waals surface area contributed by atoms with Gasteiger partial charge in [0, 0.05) is 0 Å². The average Bonchev–Trinajstić information content (AvgIpc) is 1.85. The molecule has 0 aliphatic heterocycles. The zero-order chi connectivity index (χ0) is 8.69. The van der Waals surface area contributed by atoms with Crippen LogP contribution in [-0.2, 0) is 9.59 Å². The summed E-state index contributed by atoms with van der Waals surface area (Å²) in [6.07, 6.45) is 1.48. The number of Topliss-reactive ketones (excluding diaryl/α,β-unsaturated/α-hetero) is 2. The van der Waals surface area contributed by atoms with Crippen molar-refractivity contribution in [2.45, 2.75) is 35.6 Å². The van der Waals surface area contributed by atoms with Gasteiger partial charge in [0.2, 0.25) is 0 Å². The Balaban J connectivity index is -0.000000500. The second-order valence-corrected chi connectivity index (χ2v) is 6.94. The van der Waals surface area contributed by atoms with Gasteiger partial charge in [0.05, 0.1) is 0 Å². The summed E-state index contributed by atoms with van der Waals surface area (Å²) in [5, 5.41) is 0. The van der Waals surface area contributed by atoms with Crippen LogP contribution in [0.5, 0.6) is 0 Å². The number of hydrogen-bond donors (Lipinski definition) is 0. The minimum atomic E-state index is -0.366. The van der Waals surface area contributed by atoms with E-state index >= 15 is 0 Å². The van der Waals surface area contributed by atoms with E-state index in [0.717, 1.165) is 21.7 Å². The Kier molecular flexibility index (Phi) is 18.9. The number of carbonyl (C=O) groups is 2. The second-order valence-electron chi connectivity index (χ2n) is 2.65. The van der Waals surface area contributed by atoms with E-state index < -0.39 is 0 Å². The smallest absolute Gasteiger partial charge is 0.147 e. The van der Waals surface area contributed by atoms with E-state index in [4.69, 9.17) is 0 Å². The van der Waals surface area contributed by atoms with Gasteiger partial charge < -0.3 is 0 Å². The quantitative estimate of drug-likeness (QED) is 0.552. The van der Waals surface area contributed by atoms with Gasteiger partial charge in [0.1, 0.15) is 0 Å². The number of carbonyl (C=O) groups excluding carboxylic acids is 2. The van der Waals surface area contributed by atoms with Crippen LogP contribution in [0, 0.1) is 0 Å². The molecule has 0 bridgehead atoms. The van der Waals surface area contributed by atoms with Crippen molar-refractivity contribution in [1.29, 1.82) is 0 Å². The predicted octanol–water partition coefficient (Wildman–Crippen LogP) is 2.33. The van der Waals surface area contributed by atoms with Gasteiger partial charge >= 0.3 is 77.9 Å². The van der Waals surface area contributed by atoms with Crippen molar-refractivity contribution in [2.75, 3.05) is 0 Å². The van der Waals surface area contributed by atoms with Gasteiger partial charge in [-0.15, -0.1) is 24.8 Å². The maximum atomic E-state index is 10.5. The SMILES string of the molecule is CC(=O)C[CH2][Sn][CH2]CC(C)=O.Cl.Cl. The summed E-state index contributed by atoms with van der Waals surface area (Å²) in [6, 6.07) is 0. The van der Waals surface area contributed by atoms with Crippen molar-refractivity contribution in [2.24, 2.45) is 0 Å². The first-order valence-corrected chi connectivity index (χ1v) is 7.86. The molecule has 0 amide bonds. The predicted molar refractivity (Wildman–Crippen MR) is 60.5 cm³/mol. The molecule has 78 valence electrons. The van der Waals surface area contributed by atoms with E-state index in [1.54, 1.807) is 13.8 Å². The molecule has 0 heterocycles. The summed E-state index contributed by atoms with van der Waals surface area (Å²) in [5.74, 6) is 0.572. The molecule has 0 spiro atoms. The van der Waals surface area contributed by atoms with Crippen LogP contribution < -0.4 is 0 Å². The fourth-order valence-corrected chi connectivity index (χ4v) is 4.39. The maximum Gasteiger partial charge on any atom is -0.147 e. The van der Waals surface area contributed by atoms with E-state index in [2.05, 4.69) is 0 Å². The van der Waals surface area contributed by atoms with Gasteiger partial charge in [-0.05, 0) is 0 Å². The summed E-state index contributed by atoms with van der Waals surface area (Å²) in [7, 11) is 0. The first-order chi connectivity index (χ1) is 5.13. The van der Waals surface area contributed by atoms with Gasteiger partial charge in [-0.25, -0.2) is 0 Å². The summed E-state index contributed by atoms with van der Waals surface area (Å²) in [4.78, 5) is 21.0. The normalized spacial score (nSPS) is 8.15. The molecule has 13 heavy (non-hydrogen) atoms. The molecule has 0 unspecified atom stereocenters. The summed E-state index contributed by atoms with van der Waals surface area (Å²) in [6.45, 7) is 3.26. The Labute approximate surface area is 102 Å². The number of rotatable bonds is 6. The van der Waals surface area contributed by atoms with E-state index in [-0.39, 0.29) is 57.5 Å². The topological polar surface area (TPSA) is 34.1 Å². The molecule has 5 heteroatoms. The van der Waals surface area contributed by atoms with Gasteiger partial charge in [-0.1, -0.05) is 0 Å². The molecule has 0 N–H and O–H groups in total. The zero-order valence-corrected chi connectivity index (χ0v) is 12.4. The van der Waals surface area contributed by atoms with Crippen molar-refractivity contribution >= 4 is 57.5 Å². The molecule has 2 nitrogen and oxygen atoms in total. The third kappa shape index (κ3) is 19.2. The van der Waals surface area contributed by atoms with Gasteiger partial charge in [-0.3, -0.25) is 0 Å². The van der Waals surface area contributed by atoms with Crippen LogP contribution in [0.25, 0.3) is 0 Å². The summed E-state index contributed by atoms with van der Waals surface area (Å²) in [5.41, 5.74) is 0. The third-order valence-electron chi connectivity index (χ3n) is 1.31. The minimum absolute atomic E-state index is 0. The van der Waals surface area contributed by atoms with Crippen molar-refractivity contribution in [1.82, 2.24) is 0 Å². The molecule has 0 aliphatic carbocycles. The van der Waals surface area contributed by atoms with E-state index in [0.29, 0.717) is 0 Å².